The maximum absolute atomic E-state index is 11.8. The molecule has 0 radical (unpaired) electrons. The molecule has 1 aromatic rings. The molecule has 5 heteroatoms. The first kappa shape index (κ1) is 15.6. The fourth-order valence-corrected chi connectivity index (χ4v) is 2.87. The minimum Gasteiger partial charge on any atom is -0.397 e. The van der Waals surface area contributed by atoms with E-state index in [1.807, 2.05) is 19.1 Å². The lowest BCUT2D eigenvalue weighted by Crippen LogP contribution is -2.43. The standard InChI is InChI=1S/C16H26N4O/c1-4-18-16(21)12-5-6-15(13(17)9-12)19-14-7-8-20(3)10-11(14)2/h5-6,9,11,14,19H,4,7-8,10,17H2,1-3H3,(H,18,21). The Bertz CT molecular complexity index is 503. The van der Waals surface area contributed by atoms with Gasteiger partial charge < -0.3 is 21.3 Å². The van der Waals surface area contributed by atoms with E-state index in [1.54, 1.807) is 6.07 Å². The second-order valence-corrected chi connectivity index (χ2v) is 5.94. The Balaban J connectivity index is 2.06. The van der Waals surface area contributed by atoms with Gasteiger partial charge in [-0.2, -0.15) is 0 Å². The number of anilines is 2. The van der Waals surface area contributed by atoms with Gasteiger partial charge in [0.2, 0.25) is 0 Å². The van der Waals surface area contributed by atoms with E-state index in [2.05, 4.69) is 29.5 Å². The summed E-state index contributed by atoms with van der Waals surface area (Å²) in [5, 5.41) is 6.32. The molecule has 116 valence electrons. The average molecular weight is 290 g/mol. The van der Waals surface area contributed by atoms with Crippen molar-refractivity contribution in [2.24, 2.45) is 5.92 Å². The molecule has 1 aromatic carbocycles. The van der Waals surface area contributed by atoms with E-state index >= 15 is 0 Å². The highest BCUT2D eigenvalue weighted by Gasteiger charge is 2.24. The predicted octanol–water partition coefficient (Wildman–Crippen LogP) is 1.77. The third-order valence-corrected chi connectivity index (χ3v) is 4.10. The number of nitrogens with one attached hydrogen (secondary N) is 2. The van der Waals surface area contributed by atoms with Gasteiger partial charge in [-0.3, -0.25) is 4.79 Å². The first-order chi connectivity index (χ1) is 10.0. The normalized spacial score (nSPS) is 22.8. The van der Waals surface area contributed by atoms with Crippen molar-refractivity contribution in [3.8, 4) is 0 Å². The van der Waals surface area contributed by atoms with Gasteiger partial charge in [-0.1, -0.05) is 6.92 Å². The number of nitrogens with zero attached hydrogens (tertiary/aromatic N) is 1. The SMILES string of the molecule is CCNC(=O)c1ccc(NC2CCN(C)CC2C)c(N)c1. The largest absolute Gasteiger partial charge is 0.397 e. The summed E-state index contributed by atoms with van der Waals surface area (Å²) >= 11 is 0. The Kier molecular flexibility index (Phi) is 5.07. The second-order valence-electron chi connectivity index (χ2n) is 5.94. The number of hydrogen-bond donors (Lipinski definition) is 3. The van der Waals surface area contributed by atoms with E-state index in [0.29, 0.717) is 29.8 Å². The van der Waals surface area contributed by atoms with Crippen LogP contribution in [0.25, 0.3) is 0 Å². The van der Waals surface area contributed by atoms with Gasteiger partial charge in [0.15, 0.2) is 0 Å². The molecule has 1 amide bonds. The summed E-state index contributed by atoms with van der Waals surface area (Å²) in [4.78, 5) is 14.1. The maximum atomic E-state index is 11.8. The van der Waals surface area contributed by atoms with E-state index in [0.717, 1.165) is 25.2 Å². The Morgan fingerprint density at radius 1 is 1.48 bits per heavy atom. The van der Waals surface area contributed by atoms with Gasteiger partial charge in [0.25, 0.3) is 5.91 Å². The topological polar surface area (TPSA) is 70.4 Å². The molecule has 0 aromatic heterocycles. The lowest BCUT2D eigenvalue weighted by molar-refractivity contribution is 0.0956. The first-order valence-electron chi connectivity index (χ1n) is 7.64. The lowest BCUT2D eigenvalue weighted by atomic mass is 9.94. The van der Waals surface area contributed by atoms with E-state index in [1.165, 1.54) is 0 Å². The van der Waals surface area contributed by atoms with Crippen LogP contribution in [0.5, 0.6) is 0 Å². The Morgan fingerprint density at radius 3 is 2.86 bits per heavy atom. The van der Waals surface area contributed by atoms with Gasteiger partial charge in [-0.05, 0) is 51.1 Å². The van der Waals surface area contributed by atoms with E-state index in [4.69, 9.17) is 5.73 Å². The number of carbonyl (C=O) groups excluding carboxylic acids is 1. The zero-order chi connectivity index (χ0) is 15.4. The van der Waals surface area contributed by atoms with Crippen LogP contribution in [-0.4, -0.2) is 43.5 Å². The molecular formula is C16H26N4O. The number of likely N-dealkylation sites (tertiary alicyclic amines) is 1. The number of rotatable bonds is 4. The van der Waals surface area contributed by atoms with Crippen LogP contribution in [0.1, 0.15) is 30.6 Å². The summed E-state index contributed by atoms with van der Waals surface area (Å²) < 4.78 is 0. The van der Waals surface area contributed by atoms with Crippen LogP contribution in [0, 0.1) is 5.92 Å². The monoisotopic (exact) mass is 290 g/mol. The van der Waals surface area contributed by atoms with Crippen molar-refractivity contribution in [2.45, 2.75) is 26.3 Å². The zero-order valence-electron chi connectivity index (χ0n) is 13.1. The Hall–Kier alpha value is -1.75. The highest BCUT2D eigenvalue weighted by Crippen LogP contribution is 2.25. The molecule has 0 spiro atoms. The smallest absolute Gasteiger partial charge is 0.251 e. The highest BCUT2D eigenvalue weighted by molar-refractivity contribution is 5.96. The zero-order valence-corrected chi connectivity index (χ0v) is 13.1. The van der Waals surface area contributed by atoms with Gasteiger partial charge in [-0.25, -0.2) is 0 Å². The van der Waals surface area contributed by atoms with Crippen LogP contribution >= 0.6 is 0 Å². The number of piperidine rings is 1. The van der Waals surface area contributed by atoms with Gasteiger partial charge in [0.1, 0.15) is 0 Å². The molecule has 1 aliphatic heterocycles. The minimum absolute atomic E-state index is 0.0802. The molecule has 1 fully saturated rings. The van der Waals surface area contributed by atoms with E-state index in [-0.39, 0.29) is 5.91 Å². The molecule has 1 saturated heterocycles. The highest BCUT2D eigenvalue weighted by atomic mass is 16.1. The number of nitrogens with two attached hydrogens (primary N) is 1. The van der Waals surface area contributed by atoms with Crippen molar-refractivity contribution in [3.05, 3.63) is 23.8 Å². The van der Waals surface area contributed by atoms with Crippen LogP contribution < -0.4 is 16.4 Å². The van der Waals surface area contributed by atoms with Crippen LogP contribution in [0.3, 0.4) is 0 Å². The first-order valence-corrected chi connectivity index (χ1v) is 7.64. The minimum atomic E-state index is -0.0802. The molecule has 2 unspecified atom stereocenters. The Labute approximate surface area is 126 Å². The average Bonchev–Trinajstić information content (AvgIpc) is 2.44. The fourth-order valence-electron chi connectivity index (χ4n) is 2.87. The number of benzene rings is 1. The lowest BCUT2D eigenvalue weighted by Gasteiger charge is -2.36. The number of hydrogen-bond acceptors (Lipinski definition) is 4. The molecule has 1 heterocycles. The van der Waals surface area contributed by atoms with Gasteiger partial charge >= 0.3 is 0 Å². The summed E-state index contributed by atoms with van der Waals surface area (Å²) in [6.45, 7) is 6.96. The third kappa shape index (κ3) is 3.88. The summed E-state index contributed by atoms with van der Waals surface area (Å²) in [6, 6.07) is 5.90. The van der Waals surface area contributed by atoms with Gasteiger partial charge in [0, 0.05) is 24.7 Å². The van der Waals surface area contributed by atoms with Crippen molar-refractivity contribution < 1.29 is 4.79 Å². The van der Waals surface area contributed by atoms with Crippen LogP contribution in [0.4, 0.5) is 11.4 Å². The van der Waals surface area contributed by atoms with Crippen molar-refractivity contribution in [3.63, 3.8) is 0 Å². The summed E-state index contributed by atoms with van der Waals surface area (Å²) in [7, 11) is 2.15. The third-order valence-electron chi connectivity index (χ3n) is 4.10. The molecule has 2 rings (SSSR count). The number of amides is 1. The molecular weight excluding hydrogens is 264 g/mol. The summed E-state index contributed by atoms with van der Waals surface area (Å²) in [5.74, 6) is 0.495. The number of carbonyl (C=O) groups is 1. The van der Waals surface area contributed by atoms with Crippen LogP contribution in [-0.2, 0) is 0 Å². The molecule has 21 heavy (non-hydrogen) atoms. The van der Waals surface area contributed by atoms with Crippen LogP contribution in [0.2, 0.25) is 0 Å². The predicted molar refractivity (Wildman–Crippen MR) is 87.6 cm³/mol. The van der Waals surface area contributed by atoms with Crippen molar-refractivity contribution in [1.29, 1.82) is 0 Å². The molecule has 4 N–H and O–H groups in total. The van der Waals surface area contributed by atoms with Crippen molar-refractivity contribution in [1.82, 2.24) is 10.2 Å². The molecule has 0 aliphatic carbocycles. The van der Waals surface area contributed by atoms with Crippen molar-refractivity contribution in [2.75, 3.05) is 37.7 Å². The van der Waals surface area contributed by atoms with E-state index in [9.17, 15) is 4.79 Å². The molecule has 0 bridgehead atoms. The Morgan fingerprint density at radius 2 is 2.24 bits per heavy atom. The fraction of sp³-hybridized carbons (Fsp3) is 0.562. The van der Waals surface area contributed by atoms with E-state index < -0.39 is 0 Å². The molecule has 1 aliphatic rings. The van der Waals surface area contributed by atoms with Crippen LogP contribution in [0.15, 0.2) is 18.2 Å². The quantitative estimate of drug-likeness (QED) is 0.739. The summed E-state index contributed by atoms with van der Waals surface area (Å²) in [6.07, 6.45) is 1.11. The number of nitrogen functional groups attached to an aromatic ring is 1. The maximum Gasteiger partial charge on any atom is 0.251 e. The molecule has 0 saturated carbocycles. The summed E-state index contributed by atoms with van der Waals surface area (Å²) in [5.41, 5.74) is 8.25. The second kappa shape index (κ2) is 6.80. The van der Waals surface area contributed by atoms with Gasteiger partial charge in [-0.15, -0.1) is 0 Å². The molecule has 2 atom stereocenters. The van der Waals surface area contributed by atoms with Gasteiger partial charge in [0.05, 0.1) is 11.4 Å². The molecule has 5 nitrogen and oxygen atoms in total. The van der Waals surface area contributed by atoms with Crippen molar-refractivity contribution >= 4 is 17.3 Å².